The molecule has 1 aliphatic heterocycles. The molecule has 1 aliphatic rings. The van der Waals surface area contributed by atoms with E-state index in [1.165, 1.54) is 0 Å². The van der Waals surface area contributed by atoms with Crippen molar-refractivity contribution >= 4 is 0 Å². The summed E-state index contributed by atoms with van der Waals surface area (Å²) in [6.07, 6.45) is 2.09. The van der Waals surface area contributed by atoms with Gasteiger partial charge in [0.1, 0.15) is 11.8 Å². The van der Waals surface area contributed by atoms with Gasteiger partial charge in [-0.15, -0.1) is 0 Å². The number of aliphatic hydroxyl groups is 1. The van der Waals surface area contributed by atoms with E-state index < -0.39 is 0 Å². The van der Waals surface area contributed by atoms with Crippen LogP contribution in [0.25, 0.3) is 0 Å². The van der Waals surface area contributed by atoms with E-state index in [9.17, 15) is 0 Å². The molecule has 0 atom stereocenters. The van der Waals surface area contributed by atoms with Gasteiger partial charge in [-0.1, -0.05) is 0 Å². The summed E-state index contributed by atoms with van der Waals surface area (Å²) in [7, 11) is 0. The van der Waals surface area contributed by atoms with Gasteiger partial charge in [-0.3, -0.25) is 4.90 Å². The van der Waals surface area contributed by atoms with Crippen LogP contribution in [-0.2, 0) is 6.54 Å². The van der Waals surface area contributed by atoms with Crippen LogP contribution in [-0.4, -0.2) is 29.7 Å². The standard InChI is InChI=1S/C12H16N2O2/c13-7-11-1-2-12(16-11)8-14-5-3-10(9-15)4-6-14/h1-2,10,15H,3-6,8-9H2. The number of rotatable bonds is 3. The number of piperidine rings is 1. The normalized spacial score (nSPS) is 18.5. The molecule has 0 aliphatic carbocycles. The molecule has 2 heterocycles. The lowest BCUT2D eigenvalue weighted by Gasteiger charge is -2.30. The third-order valence-electron chi connectivity index (χ3n) is 3.12. The molecule has 0 unspecified atom stereocenters. The van der Waals surface area contributed by atoms with Gasteiger partial charge >= 0.3 is 0 Å². The Morgan fingerprint density at radius 1 is 1.44 bits per heavy atom. The van der Waals surface area contributed by atoms with Crippen molar-refractivity contribution in [3.05, 3.63) is 23.7 Å². The van der Waals surface area contributed by atoms with E-state index in [4.69, 9.17) is 14.8 Å². The fourth-order valence-corrected chi connectivity index (χ4v) is 2.07. The fraction of sp³-hybridized carbons (Fsp3) is 0.583. The van der Waals surface area contributed by atoms with Gasteiger partial charge in [0.2, 0.25) is 5.76 Å². The van der Waals surface area contributed by atoms with E-state index in [-0.39, 0.29) is 0 Å². The Kier molecular flexibility index (Phi) is 3.60. The first-order valence-corrected chi connectivity index (χ1v) is 5.64. The highest BCUT2D eigenvalue weighted by atomic mass is 16.3. The summed E-state index contributed by atoms with van der Waals surface area (Å²) in [5.74, 6) is 1.68. The summed E-state index contributed by atoms with van der Waals surface area (Å²) in [6, 6.07) is 5.54. The van der Waals surface area contributed by atoms with Gasteiger partial charge in [0.05, 0.1) is 6.54 Å². The average molecular weight is 220 g/mol. The van der Waals surface area contributed by atoms with Gasteiger partial charge in [0.25, 0.3) is 0 Å². The summed E-state index contributed by atoms with van der Waals surface area (Å²) in [5.41, 5.74) is 0. The van der Waals surface area contributed by atoms with Crippen LogP contribution in [0, 0.1) is 17.2 Å². The van der Waals surface area contributed by atoms with Crippen LogP contribution >= 0.6 is 0 Å². The molecule has 16 heavy (non-hydrogen) atoms. The van der Waals surface area contributed by atoms with Gasteiger partial charge in [-0.05, 0) is 44.0 Å². The number of nitriles is 1. The summed E-state index contributed by atoms with van der Waals surface area (Å²) in [5, 5.41) is 17.7. The molecule has 0 aromatic carbocycles. The van der Waals surface area contributed by atoms with Crippen molar-refractivity contribution in [2.24, 2.45) is 5.92 Å². The number of likely N-dealkylation sites (tertiary alicyclic amines) is 1. The van der Waals surface area contributed by atoms with Gasteiger partial charge < -0.3 is 9.52 Å². The Hall–Kier alpha value is -1.31. The predicted octanol–water partition coefficient (Wildman–Crippen LogP) is 1.36. The average Bonchev–Trinajstić information content (AvgIpc) is 2.78. The molecule has 1 saturated heterocycles. The van der Waals surface area contributed by atoms with Gasteiger partial charge in [0, 0.05) is 6.61 Å². The molecular formula is C12H16N2O2. The van der Waals surface area contributed by atoms with E-state index in [1.807, 2.05) is 12.1 Å². The minimum absolute atomic E-state index is 0.299. The van der Waals surface area contributed by atoms with Crippen LogP contribution in [0.4, 0.5) is 0 Å². The molecule has 0 amide bonds. The minimum Gasteiger partial charge on any atom is -0.449 e. The van der Waals surface area contributed by atoms with Crippen LogP contribution in [0.5, 0.6) is 0 Å². The molecule has 0 saturated carbocycles. The molecule has 1 fully saturated rings. The van der Waals surface area contributed by atoms with Crippen molar-refractivity contribution in [1.82, 2.24) is 4.90 Å². The monoisotopic (exact) mass is 220 g/mol. The fourth-order valence-electron chi connectivity index (χ4n) is 2.07. The van der Waals surface area contributed by atoms with E-state index in [0.29, 0.717) is 18.3 Å². The van der Waals surface area contributed by atoms with E-state index >= 15 is 0 Å². The van der Waals surface area contributed by atoms with Crippen molar-refractivity contribution in [2.45, 2.75) is 19.4 Å². The summed E-state index contributed by atoms with van der Waals surface area (Å²) in [6.45, 7) is 3.05. The van der Waals surface area contributed by atoms with E-state index in [2.05, 4.69) is 4.90 Å². The Morgan fingerprint density at radius 2 is 2.19 bits per heavy atom. The molecule has 0 spiro atoms. The van der Waals surface area contributed by atoms with Crippen LogP contribution in [0.2, 0.25) is 0 Å². The second-order valence-corrected chi connectivity index (χ2v) is 4.28. The number of hydrogen-bond acceptors (Lipinski definition) is 4. The van der Waals surface area contributed by atoms with Crippen LogP contribution in [0.15, 0.2) is 16.5 Å². The Labute approximate surface area is 95.1 Å². The molecule has 1 aromatic rings. The lowest BCUT2D eigenvalue weighted by atomic mass is 9.98. The maximum absolute atomic E-state index is 9.03. The summed E-state index contributed by atoms with van der Waals surface area (Å²) in [4.78, 5) is 2.30. The Balaban J connectivity index is 1.85. The highest BCUT2D eigenvalue weighted by Crippen LogP contribution is 2.19. The second-order valence-electron chi connectivity index (χ2n) is 4.28. The lowest BCUT2D eigenvalue weighted by molar-refractivity contribution is 0.122. The molecule has 86 valence electrons. The van der Waals surface area contributed by atoms with E-state index in [0.717, 1.165) is 38.2 Å². The summed E-state index contributed by atoms with van der Waals surface area (Å²) < 4.78 is 5.34. The largest absolute Gasteiger partial charge is 0.449 e. The number of hydrogen-bond donors (Lipinski definition) is 1. The first-order valence-electron chi connectivity index (χ1n) is 5.64. The minimum atomic E-state index is 0.299. The van der Waals surface area contributed by atoms with Crippen LogP contribution in [0.3, 0.4) is 0 Å². The van der Waals surface area contributed by atoms with Crippen molar-refractivity contribution in [1.29, 1.82) is 5.26 Å². The molecule has 1 aromatic heterocycles. The number of aliphatic hydroxyl groups excluding tert-OH is 1. The lowest BCUT2D eigenvalue weighted by Crippen LogP contribution is -2.34. The van der Waals surface area contributed by atoms with Crippen molar-refractivity contribution < 1.29 is 9.52 Å². The van der Waals surface area contributed by atoms with Crippen molar-refractivity contribution in [3.8, 4) is 6.07 Å². The smallest absolute Gasteiger partial charge is 0.203 e. The van der Waals surface area contributed by atoms with Gasteiger partial charge in [-0.25, -0.2) is 0 Å². The third-order valence-corrected chi connectivity index (χ3v) is 3.12. The summed E-state index contributed by atoms with van der Waals surface area (Å²) >= 11 is 0. The van der Waals surface area contributed by atoms with Crippen molar-refractivity contribution in [2.75, 3.05) is 19.7 Å². The van der Waals surface area contributed by atoms with Crippen LogP contribution in [0.1, 0.15) is 24.4 Å². The van der Waals surface area contributed by atoms with Crippen molar-refractivity contribution in [3.63, 3.8) is 0 Å². The highest BCUT2D eigenvalue weighted by molar-refractivity contribution is 5.19. The molecule has 4 nitrogen and oxygen atoms in total. The molecule has 4 heteroatoms. The second kappa shape index (κ2) is 5.15. The molecule has 0 radical (unpaired) electrons. The topological polar surface area (TPSA) is 60.4 Å². The maximum Gasteiger partial charge on any atom is 0.203 e. The van der Waals surface area contributed by atoms with Gasteiger partial charge in [0.15, 0.2) is 0 Å². The van der Waals surface area contributed by atoms with E-state index in [1.54, 1.807) is 6.07 Å². The third kappa shape index (κ3) is 2.63. The first kappa shape index (κ1) is 11.2. The molecule has 1 N–H and O–H groups in total. The first-order chi connectivity index (χ1) is 7.81. The zero-order valence-corrected chi connectivity index (χ0v) is 9.22. The SMILES string of the molecule is N#Cc1ccc(CN2CCC(CO)CC2)o1. The highest BCUT2D eigenvalue weighted by Gasteiger charge is 2.19. The van der Waals surface area contributed by atoms with Gasteiger partial charge in [-0.2, -0.15) is 5.26 Å². The zero-order chi connectivity index (χ0) is 11.4. The zero-order valence-electron chi connectivity index (χ0n) is 9.22. The Morgan fingerprint density at radius 3 is 2.75 bits per heavy atom. The predicted molar refractivity (Wildman–Crippen MR) is 58.5 cm³/mol. The quantitative estimate of drug-likeness (QED) is 0.835. The number of furan rings is 1. The van der Waals surface area contributed by atoms with Crippen LogP contribution < -0.4 is 0 Å². The molecule has 0 bridgehead atoms. The maximum atomic E-state index is 9.03. The molecule has 2 rings (SSSR count). The number of nitrogens with zero attached hydrogens (tertiary/aromatic N) is 2. The Bertz CT molecular complexity index is 373. The molecular weight excluding hydrogens is 204 g/mol.